The number of nitrogens with zero attached hydrogens (tertiary/aromatic N) is 1. The summed E-state index contributed by atoms with van der Waals surface area (Å²) >= 11 is 0. The smallest absolute Gasteiger partial charge is 0.281 e. The third kappa shape index (κ3) is 3.99. The molecule has 0 amide bonds. The van der Waals surface area contributed by atoms with E-state index < -0.39 is 38.4 Å². The molecule has 132 valence electrons. The fourth-order valence-corrected chi connectivity index (χ4v) is 2.81. The van der Waals surface area contributed by atoms with Crippen LogP contribution in [0.3, 0.4) is 0 Å². The third-order valence-corrected chi connectivity index (χ3v) is 4.15. The molecule has 1 aromatic carbocycles. The van der Waals surface area contributed by atoms with Gasteiger partial charge in [-0.25, -0.2) is 8.42 Å². The molecule has 0 bridgehead atoms. The van der Waals surface area contributed by atoms with Crippen LogP contribution in [0.2, 0.25) is 0 Å². The van der Waals surface area contributed by atoms with Gasteiger partial charge in [-0.2, -0.15) is 31.4 Å². The lowest BCUT2D eigenvalue weighted by molar-refractivity contribution is -0.143. The number of hydrogen-bond acceptors (Lipinski definition) is 3. The number of sulfonamides is 1. The molecule has 5 nitrogen and oxygen atoms in total. The zero-order valence-electron chi connectivity index (χ0n) is 11.7. The number of anilines is 1. The highest BCUT2D eigenvalue weighted by Crippen LogP contribution is 2.37. The number of nitrogens with one attached hydrogen (secondary N) is 2. The Morgan fingerprint density at radius 3 is 1.83 bits per heavy atom. The number of halogens is 6. The number of alkyl halides is 6. The second kappa shape index (κ2) is 5.69. The van der Waals surface area contributed by atoms with Crippen LogP contribution in [-0.2, 0) is 22.4 Å². The van der Waals surface area contributed by atoms with Gasteiger partial charge in [0.1, 0.15) is 0 Å². The Hall–Kier alpha value is -2.24. The highest BCUT2D eigenvalue weighted by atomic mass is 32.2. The Bertz CT molecular complexity index is 822. The SMILES string of the molecule is Cc1cc(NS(=O)(=O)c2cc(C(F)(F)F)cc(C(F)(F)F)c2)n[nH]1. The first-order chi connectivity index (χ1) is 10.8. The van der Waals surface area contributed by atoms with E-state index in [0.717, 1.165) is 0 Å². The van der Waals surface area contributed by atoms with Crippen molar-refractivity contribution in [3.63, 3.8) is 0 Å². The highest BCUT2D eigenvalue weighted by molar-refractivity contribution is 7.92. The number of benzene rings is 1. The fraction of sp³-hybridized carbons (Fsp3) is 0.250. The van der Waals surface area contributed by atoms with E-state index in [1.165, 1.54) is 13.0 Å². The molecule has 12 heteroatoms. The van der Waals surface area contributed by atoms with Crippen molar-refractivity contribution in [3.8, 4) is 0 Å². The zero-order valence-corrected chi connectivity index (χ0v) is 12.6. The number of aryl methyl sites for hydroxylation is 1. The Kier molecular flexibility index (Phi) is 4.29. The molecule has 0 atom stereocenters. The van der Waals surface area contributed by atoms with Gasteiger partial charge in [0.25, 0.3) is 10.0 Å². The molecular formula is C12H9F6N3O2S. The number of rotatable bonds is 3. The van der Waals surface area contributed by atoms with Crippen LogP contribution in [0.15, 0.2) is 29.2 Å². The first-order valence-electron chi connectivity index (χ1n) is 6.13. The molecule has 0 saturated heterocycles. The lowest BCUT2D eigenvalue weighted by atomic mass is 10.1. The van der Waals surface area contributed by atoms with E-state index in [4.69, 9.17) is 0 Å². The molecule has 0 spiro atoms. The first kappa shape index (κ1) is 18.1. The van der Waals surface area contributed by atoms with Gasteiger partial charge in [-0.3, -0.25) is 9.82 Å². The maximum absolute atomic E-state index is 12.8. The molecule has 0 aliphatic rings. The second-order valence-corrected chi connectivity index (χ2v) is 6.47. The number of aromatic amines is 1. The van der Waals surface area contributed by atoms with Crippen LogP contribution in [0, 0.1) is 6.92 Å². The Labute approximate surface area is 131 Å². The standard InChI is InChI=1S/C12H9F6N3O2S/c1-6-2-10(20-19-6)21-24(22,23)9-4-7(11(13,14)15)3-8(5-9)12(16,17)18/h2-5H,1H3,(H2,19,20,21). The molecule has 24 heavy (non-hydrogen) atoms. The maximum atomic E-state index is 12.8. The summed E-state index contributed by atoms with van der Waals surface area (Å²) in [5.41, 5.74) is -3.01. The van der Waals surface area contributed by atoms with E-state index in [1.807, 2.05) is 4.72 Å². The van der Waals surface area contributed by atoms with E-state index >= 15 is 0 Å². The molecule has 2 aromatic rings. The summed E-state index contributed by atoms with van der Waals surface area (Å²) in [6.07, 6.45) is -10.3. The van der Waals surface area contributed by atoms with Crippen molar-refractivity contribution in [1.29, 1.82) is 0 Å². The highest BCUT2D eigenvalue weighted by Gasteiger charge is 2.38. The fourth-order valence-electron chi connectivity index (χ4n) is 1.75. The van der Waals surface area contributed by atoms with Gasteiger partial charge < -0.3 is 0 Å². The lowest BCUT2D eigenvalue weighted by Gasteiger charge is -2.14. The molecular weight excluding hydrogens is 364 g/mol. The lowest BCUT2D eigenvalue weighted by Crippen LogP contribution is -2.17. The van der Waals surface area contributed by atoms with Gasteiger partial charge in [-0.1, -0.05) is 0 Å². The number of hydrogen-bond donors (Lipinski definition) is 2. The third-order valence-electron chi connectivity index (χ3n) is 2.82. The van der Waals surface area contributed by atoms with E-state index in [0.29, 0.717) is 5.69 Å². The second-order valence-electron chi connectivity index (χ2n) is 4.78. The minimum Gasteiger partial charge on any atom is -0.281 e. The summed E-state index contributed by atoms with van der Waals surface area (Å²) in [5.74, 6) is -0.265. The van der Waals surface area contributed by atoms with Crippen molar-refractivity contribution in [2.24, 2.45) is 0 Å². The van der Waals surface area contributed by atoms with Crippen molar-refractivity contribution in [2.75, 3.05) is 4.72 Å². The van der Waals surface area contributed by atoms with E-state index in [2.05, 4.69) is 10.2 Å². The Morgan fingerprint density at radius 1 is 0.958 bits per heavy atom. The van der Waals surface area contributed by atoms with Gasteiger partial charge in [-0.15, -0.1) is 0 Å². The maximum Gasteiger partial charge on any atom is 0.416 e. The summed E-state index contributed by atoms with van der Waals surface area (Å²) in [5, 5.41) is 5.89. The van der Waals surface area contributed by atoms with Crippen molar-refractivity contribution in [1.82, 2.24) is 10.2 Å². The van der Waals surface area contributed by atoms with Crippen molar-refractivity contribution < 1.29 is 34.8 Å². The summed E-state index contributed by atoms with van der Waals surface area (Å²) in [4.78, 5) is -1.18. The molecule has 0 fully saturated rings. The van der Waals surface area contributed by atoms with E-state index in [1.54, 1.807) is 0 Å². The van der Waals surface area contributed by atoms with Crippen LogP contribution in [-0.4, -0.2) is 18.6 Å². The van der Waals surface area contributed by atoms with Crippen LogP contribution in [0.4, 0.5) is 32.2 Å². The molecule has 0 radical (unpaired) electrons. The predicted molar refractivity (Wildman–Crippen MR) is 70.6 cm³/mol. The number of H-pyrrole nitrogens is 1. The van der Waals surface area contributed by atoms with Crippen LogP contribution in [0.1, 0.15) is 16.8 Å². The van der Waals surface area contributed by atoms with Gasteiger partial charge in [0.15, 0.2) is 5.82 Å². The normalized spacial score (nSPS) is 13.1. The van der Waals surface area contributed by atoms with Crippen molar-refractivity contribution in [2.45, 2.75) is 24.2 Å². The largest absolute Gasteiger partial charge is 0.416 e. The molecule has 0 saturated carbocycles. The summed E-state index contributed by atoms with van der Waals surface area (Å²) in [6.45, 7) is 1.52. The average Bonchev–Trinajstić information content (AvgIpc) is 2.81. The number of aromatic nitrogens is 2. The quantitative estimate of drug-likeness (QED) is 0.808. The molecule has 0 aliphatic heterocycles. The Morgan fingerprint density at radius 2 is 1.46 bits per heavy atom. The van der Waals surface area contributed by atoms with Crippen LogP contribution >= 0.6 is 0 Å². The molecule has 1 aromatic heterocycles. The monoisotopic (exact) mass is 373 g/mol. The van der Waals surface area contributed by atoms with Crippen LogP contribution in [0.25, 0.3) is 0 Å². The van der Waals surface area contributed by atoms with E-state index in [9.17, 15) is 34.8 Å². The van der Waals surface area contributed by atoms with Gasteiger partial charge in [0.05, 0.1) is 16.0 Å². The average molecular weight is 373 g/mol. The van der Waals surface area contributed by atoms with Gasteiger partial charge in [0, 0.05) is 11.8 Å². The van der Waals surface area contributed by atoms with Gasteiger partial charge in [0.2, 0.25) is 0 Å². The minimum atomic E-state index is -5.14. The van der Waals surface area contributed by atoms with Gasteiger partial charge >= 0.3 is 12.4 Å². The van der Waals surface area contributed by atoms with E-state index in [-0.39, 0.29) is 24.0 Å². The minimum absolute atomic E-state index is 0.122. The topological polar surface area (TPSA) is 74.8 Å². The molecule has 1 heterocycles. The van der Waals surface area contributed by atoms with Crippen molar-refractivity contribution >= 4 is 15.8 Å². The summed E-state index contributed by atoms with van der Waals surface area (Å²) in [7, 11) is -4.70. The van der Waals surface area contributed by atoms with Crippen LogP contribution in [0.5, 0.6) is 0 Å². The molecule has 0 unspecified atom stereocenters. The predicted octanol–water partition coefficient (Wildman–Crippen LogP) is 3.56. The van der Waals surface area contributed by atoms with Crippen LogP contribution < -0.4 is 4.72 Å². The Balaban J connectivity index is 2.55. The molecule has 0 aliphatic carbocycles. The van der Waals surface area contributed by atoms with Crippen molar-refractivity contribution in [3.05, 3.63) is 41.1 Å². The first-order valence-corrected chi connectivity index (χ1v) is 7.62. The molecule has 2 N–H and O–H groups in total. The summed E-state index contributed by atoms with van der Waals surface area (Å²) < 4.78 is 102. The summed E-state index contributed by atoms with van der Waals surface area (Å²) in [6, 6.07) is 1.31. The molecule has 2 rings (SSSR count). The zero-order chi connectivity index (χ0) is 18.3. The van der Waals surface area contributed by atoms with Gasteiger partial charge in [-0.05, 0) is 25.1 Å².